The van der Waals surface area contributed by atoms with Gasteiger partial charge >= 0.3 is 0 Å². The van der Waals surface area contributed by atoms with Gasteiger partial charge in [-0.2, -0.15) is 5.10 Å². The molecule has 236 valence electrons. The molecule has 3 N–H and O–H groups in total. The minimum absolute atomic E-state index is 0.00880. The van der Waals surface area contributed by atoms with Gasteiger partial charge in [-0.05, 0) is 55.5 Å². The van der Waals surface area contributed by atoms with Crippen LogP contribution in [0.2, 0.25) is 0 Å². The second kappa shape index (κ2) is 14.7. The summed E-state index contributed by atoms with van der Waals surface area (Å²) in [5.74, 6) is -0.264. The molecule has 0 aliphatic heterocycles. The molecule has 0 bridgehead atoms. The molecule has 0 saturated heterocycles. The molecule has 5 rings (SSSR count). The molecule has 0 radical (unpaired) electrons. The van der Waals surface area contributed by atoms with E-state index in [-0.39, 0.29) is 47.0 Å². The molecule has 2 amide bonds. The van der Waals surface area contributed by atoms with E-state index in [2.05, 4.69) is 20.5 Å². The zero-order valence-corrected chi connectivity index (χ0v) is 25.9. The van der Waals surface area contributed by atoms with Crippen LogP contribution in [-0.2, 0) is 32.7 Å². The number of anilines is 1. The topological polar surface area (TPSA) is 141 Å². The van der Waals surface area contributed by atoms with E-state index in [0.29, 0.717) is 12.4 Å². The van der Waals surface area contributed by atoms with Crippen molar-refractivity contribution in [3.63, 3.8) is 0 Å². The molecule has 44 heavy (non-hydrogen) atoms. The number of nitrogens with zero attached hydrogens (tertiary/aromatic N) is 2. The average Bonchev–Trinajstić information content (AvgIpc) is 3.42. The molecule has 2 aliphatic carbocycles. The van der Waals surface area contributed by atoms with Crippen molar-refractivity contribution in [2.75, 3.05) is 11.8 Å². The highest BCUT2D eigenvalue weighted by molar-refractivity contribution is 7.92. The summed E-state index contributed by atoms with van der Waals surface area (Å²) in [5.41, 5.74) is 1.14. The summed E-state index contributed by atoms with van der Waals surface area (Å²) in [5, 5.41) is 10.5. The highest BCUT2D eigenvalue weighted by atomic mass is 32.2. The number of rotatable bonds is 12. The minimum Gasteiger partial charge on any atom is -0.497 e. The summed E-state index contributed by atoms with van der Waals surface area (Å²) in [6, 6.07) is 17.0. The van der Waals surface area contributed by atoms with E-state index in [9.17, 15) is 18.0 Å². The van der Waals surface area contributed by atoms with E-state index >= 15 is 0 Å². The molecule has 0 spiro atoms. The van der Waals surface area contributed by atoms with Gasteiger partial charge in [0.25, 0.3) is 15.9 Å². The molecule has 1 unspecified atom stereocenters. The van der Waals surface area contributed by atoms with E-state index in [4.69, 9.17) is 9.47 Å². The van der Waals surface area contributed by atoms with Gasteiger partial charge in [-0.1, -0.05) is 62.4 Å². The van der Waals surface area contributed by atoms with Crippen molar-refractivity contribution in [2.24, 2.45) is 0 Å². The number of ether oxygens (including phenoxy) is 2. The van der Waals surface area contributed by atoms with Gasteiger partial charge in [0.2, 0.25) is 5.91 Å². The Balaban J connectivity index is 1.33. The molecular weight excluding hydrogens is 582 g/mol. The molecule has 11 nitrogen and oxygen atoms in total. The average molecular weight is 624 g/mol. The number of nitrogens with one attached hydrogen (secondary N) is 3. The predicted molar refractivity (Wildman–Crippen MR) is 166 cm³/mol. The first-order chi connectivity index (χ1) is 21.3. The lowest BCUT2D eigenvalue weighted by Gasteiger charge is -2.32. The van der Waals surface area contributed by atoms with E-state index in [1.54, 1.807) is 12.1 Å². The number of aromatic nitrogens is 2. The maximum absolute atomic E-state index is 13.7. The molecule has 12 heteroatoms. The molecule has 1 heterocycles. The van der Waals surface area contributed by atoms with E-state index in [0.717, 1.165) is 63.4 Å². The standard InChI is InChI=1S/C32H41N5O6S/c1-42-25-16-18-26(19-17-25)44(40,41)36-30-20-28(37(35-30)21-31(38)33-24-12-6-3-7-13-24)32(39)34-27-14-8-9-15-29(27)43-22-23-10-4-2-5-11-23/h2,4-5,10-11,16-20,24,27,29H,3,6-9,12-15,21-22H2,1H3,(H,33,38)(H,34,39)(H,35,36)/t27?,29-/m0/s1. The normalized spacial score (nSPS) is 19.2. The smallest absolute Gasteiger partial charge is 0.269 e. The number of hydrogen-bond donors (Lipinski definition) is 3. The summed E-state index contributed by atoms with van der Waals surface area (Å²) in [4.78, 5) is 26.7. The molecular formula is C32H41N5O6S. The summed E-state index contributed by atoms with van der Waals surface area (Å²) in [7, 11) is -2.53. The van der Waals surface area contributed by atoms with Crippen LogP contribution in [0.1, 0.15) is 73.8 Å². The number of benzene rings is 2. The third kappa shape index (κ3) is 8.38. The highest BCUT2D eigenvalue weighted by Crippen LogP contribution is 2.24. The highest BCUT2D eigenvalue weighted by Gasteiger charge is 2.30. The van der Waals surface area contributed by atoms with Crippen LogP contribution in [-0.4, -0.2) is 55.3 Å². The first-order valence-corrected chi connectivity index (χ1v) is 16.8. The van der Waals surface area contributed by atoms with Crippen molar-refractivity contribution < 1.29 is 27.5 Å². The van der Waals surface area contributed by atoms with Crippen molar-refractivity contribution in [3.05, 3.63) is 71.9 Å². The number of carbonyl (C=O) groups is 2. The second-order valence-electron chi connectivity index (χ2n) is 11.5. The number of hydrogen-bond acceptors (Lipinski definition) is 7. The summed E-state index contributed by atoms with van der Waals surface area (Å²) < 4.78 is 41.3. The van der Waals surface area contributed by atoms with Gasteiger partial charge in [-0.3, -0.25) is 14.3 Å². The van der Waals surface area contributed by atoms with Gasteiger partial charge in [0.15, 0.2) is 5.82 Å². The van der Waals surface area contributed by atoms with Crippen LogP contribution in [0.5, 0.6) is 5.75 Å². The van der Waals surface area contributed by atoms with Gasteiger partial charge < -0.3 is 20.1 Å². The van der Waals surface area contributed by atoms with Gasteiger partial charge in [-0.25, -0.2) is 13.1 Å². The molecule has 3 aromatic rings. The second-order valence-corrected chi connectivity index (χ2v) is 13.1. The van der Waals surface area contributed by atoms with Crippen LogP contribution in [0.25, 0.3) is 0 Å². The van der Waals surface area contributed by atoms with Crippen LogP contribution in [0.4, 0.5) is 5.82 Å². The van der Waals surface area contributed by atoms with Crippen LogP contribution in [0.3, 0.4) is 0 Å². The van der Waals surface area contributed by atoms with E-state index < -0.39 is 15.9 Å². The predicted octanol–water partition coefficient (Wildman–Crippen LogP) is 4.40. The van der Waals surface area contributed by atoms with Crippen LogP contribution < -0.4 is 20.1 Å². The van der Waals surface area contributed by atoms with Gasteiger partial charge in [0, 0.05) is 12.1 Å². The molecule has 2 atom stereocenters. The number of carbonyl (C=O) groups excluding carboxylic acids is 2. The molecule has 2 aromatic carbocycles. The zero-order valence-electron chi connectivity index (χ0n) is 25.0. The summed E-state index contributed by atoms with van der Waals surface area (Å²) in [6.45, 7) is 0.219. The summed E-state index contributed by atoms with van der Waals surface area (Å²) >= 11 is 0. The molecule has 2 saturated carbocycles. The Morgan fingerprint density at radius 1 is 0.909 bits per heavy atom. The van der Waals surface area contributed by atoms with Gasteiger partial charge in [-0.15, -0.1) is 0 Å². The lowest BCUT2D eigenvalue weighted by molar-refractivity contribution is -0.122. The van der Waals surface area contributed by atoms with E-state index in [1.807, 2.05) is 30.3 Å². The molecule has 1 aromatic heterocycles. The molecule has 2 fully saturated rings. The van der Waals surface area contributed by atoms with Crippen molar-refractivity contribution in [3.8, 4) is 5.75 Å². The number of sulfonamides is 1. The first-order valence-electron chi connectivity index (χ1n) is 15.3. The first kappa shape index (κ1) is 31.5. The third-order valence-corrected chi connectivity index (χ3v) is 9.58. The quantitative estimate of drug-likeness (QED) is 0.272. The van der Waals surface area contributed by atoms with Crippen molar-refractivity contribution in [1.82, 2.24) is 20.4 Å². The largest absolute Gasteiger partial charge is 0.497 e. The zero-order chi connectivity index (χ0) is 30.9. The van der Waals surface area contributed by atoms with E-state index in [1.165, 1.54) is 30.0 Å². The Kier molecular flexibility index (Phi) is 10.5. The van der Waals surface area contributed by atoms with Crippen LogP contribution in [0, 0.1) is 0 Å². The lowest BCUT2D eigenvalue weighted by Crippen LogP contribution is -2.47. The molecule has 2 aliphatic rings. The monoisotopic (exact) mass is 623 g/mol. The Labute approximate surface area is 258 Å². The third-order valence-electron chi connectivity index (χ3n) is 8.21. The summed E-state index contributed by atoms with van der Waals surface area (Å²) in [6.07, 6.45) is 8.45. The fraction of sp³-hybridized carbons (Fsp3) is 0.469. The van der Waals surface area contributed by atoms with Crippen molar-refractivity contribution in [2.45, 2.75) is 94.0 Å². The fourth-order valence-corrected chi connectivity index (χ4v) is 6.85. The minimum atomic E-state index is -4.02. The van der Waals surface area contributed by atoms with Crippen molar-refractivity contribution >= 4 is 27.7 Å². The Bertz CT molecular complexity index is 1500. The fourth-order valence-electron chi connectivity index (χ4n) is 5.86. The lowest BCUT2D eigenvalue weighted by atomic mass is 9.92. The van der Waals surface area contributed by atoms with Gasteiger partial charge in [0.05, 0.1) is 30.8 Å². The maximum atomic E-state index is 13.7. The van der Waals surface area contributed by atoms with Crippen molar-refractivity contribution in [1.29, 1.82) is 0 Å². The Morgan fingerprint density at radius 2 is 1.61 bits per heavy atom. The number of methoxy groups -OCH3 is 1. The Hall–Kier alpha value is -3.90. The Morgan fingerprint density at radius 3 is 2.34 bits per heavy atom. The van der Waals surface area contributed by atoms with Gasteiger partial charge in [0.1, 0.15) is 18.0 Å². The number of amides is 2. The maximum Gasteiger partial charge on any atom is 0.269 e. The van der Waals surface area contributed by atoms with Crippen LogP contribution >= 0.6 is 0 Å². The van der Waals surface area contributed by atoms with Crippen LogP contribution in [0.15, 0.2) is 65.6 Å². The SMILES string of the molecule is COc1ccc(S(=O)(=O)Nc2cc(C(=O)NC3CCCC[C@@H]3OCc3ccccc3)n(CC(=O)NC3CCCCC3)n2)cc1.